The molecule has 3 heterocycles. The molecule has 2 N–H and O–H groups in total. The number of carbonyl (C=O) groups excluding carboxylic acids is 3. The van der Waals surface area contributed by atoms with Gasteiger partial charge in [0.1, 0.15) is 11.6 Å². The molecule has 204 valence electrons. The molecule has 2 saturated heterocycles. The number of halogens is 1. The third kappa shape index (κ3) is 4.36. The molecule has 1 aromatic carbocycles. The molecular weight excluding hydrogens is 502 g/mol. The fourth-order valence-corrected chi connectivity index (χ4v) is 7.74. The molecular formula is C30H38ClN3O4. The first-order valence-electron chi connectivity index (χ1n) is 14.5. The van der Waals surface area contributed by atoms with E-state index in [9.17, 15) is 14.4 Å². The third-order valence-corrected chi connectivity index (χ3v) is 9.88. The van der Waals surface area contributed by atoms with Crippen LogP contribution in [0.5, 0.6) is 0 Å². The second kappa shape index (κ2) is 10.3. The van der Waals surface area contributed by atoms with Gasteiger partial charge in [-0.3, -0.25) is 14.4 Å². The van der Waals surface area contributed by atoms with Crippen LogP contribution < -0.4 is 10.6 Å². The fourth-order valence-electron chi connectivity index (χ4n) is 7.56. The van der Waals surface area contributed by atoms with Crippen molar-refractivity contribution in [2.45, 2.75) is 107 Å². The molecule has 1 spiro atoms. The molecule has 2 aliphatic carbocycles. The first-order chi connectivity index (χ1) is 18.4. The van der Waals surface area contributed by atoms with Crippen molar-refractivity contribution < 1.29 is 19.1 Å². The van der Waals surface area contributed by atoms with Gasteiger partial charge in [-0.05, 0) is 50.3 Å². The number of aryl methyl sites for hydroxylation is 1. The van der Waals surface area contributed by atoms with E-state index >= 15 is 0 Å². The van der Waals surface area contributed by atoms with Crippen LogP contribution in [0.2, 0.25) is 5.02 Å². The smallest absolute Gasteiger partial charge is 0.246 e. The molecule has 0 radical (unpaired) electrons. The third-order valence-electron chi connectivity index (χ3n) is 9.47. The summed E-state index contributed by atoms with van der Waals surface area (Å²) in [7, 11) is 0. The summed E-state index contributed by atoms with van der Waals surface area (Å²) < 4.78 is 6.52. The Morgan fingerprint density at radius 3 is 2.39 bits per heavy atom. The lowest BCUT2D eigenvalue weighted by atomic mass is 9.74. The van der Waals surface area contributed by atoms with Gasteiger partial charge in [-0.15, -0.1) is 0 Å². The molecule has 2 saturated carbocycles. The molecule has 3 aliphatic heterocycles. The van der Waals surface area contributed by atoms with E-state index in [1.165, 1.54) is 6.42 Å². The van der Waals surface area contributed by atoms with E-state index in [0.717, 1.165) is 69.8 Å². The zero-order valence-electron chi connectivity index (χ0n) is 22.1. The second-order valence-corrected chi connectivity index (χ2v) is 12.3. The number of amides is 3. The van der Waals surface area contributed by atoms with Gasteiger partial charge < -0.3 is 20.3 Å². The Morgan fingerprint density at radius 1 is 1.00 bits per heavy atom. The van der Waals surface area contributed by atoms with Crippen LogP contribution in [0.15, 0.2) is 30.4 Å². The Morgan fingerprint density at radius 2 is 1.68 bits per heavy atom. The highest BCUT2D eigenvalue weighted by Gasteiger charge is 2.73. The van der Waals surface area contributed by atoms with Crippen molar-refractivity contribution in [3.8, 4) is 0 Å². The lowest BCUT2D eigenvalue weighted by Gasteiger charge is -2.37. The van der Waals surface area contributed by atoms with Crippen LogP contribution >= 0.6 is 11.6 Å². The maximum Gasteiger partial charge on any atom is 0.246 e. The molecule has 5 atom stereocenters. The van der Waals surface area contributed by atoms with Crippen LogP contribution in [-0.2, 0) is 19.1 Å². The lowest BCUT2D eigenvalue weighted by Crippen LogP contribution is -2.58. The van der Waals surface area contributed by atoms with Crippen molar-refractivity contribution in [1.29, 1.82) is 0 Å². The maximum atomic E-state index is 14.3. The SMILES string of the molecule is Cc1ccc(NC(=O)[C@H]2[C@@H]3C=C[C@]4(O3)[C@@H]2C(=O)N(C2CCCCCC2)[C@H]4C(=O)NC2CCCCC2)cc1Cl. The van der Waals surface area contributed by atoms with Crippen molar-refractivity contribution in [2.75, 3.05) is 5.32 Å². The first-order valence-corrected chi connectivity index (χ1v) is 14.8. The normalized spacial score (nSPS) is 33.3. The number of likely N-dealkylation sites (tertiary alicyclic amines) is 1. The van der Waals surface area contributed by atoms with Crippen molar-refractivity contribution in [3.05, 3.63) is 40.9 Å². The topological polar surface area (TPSA) is 87.7 Å². The van der Waals surface area contributed by atoms with Gasteiger partial charge in [-0.25, -0.2) is 0 Å². The van der Waals surface area contributed by atoms with Crippen LogP contribution in [0.25, 0.3) is 0 Å². The Labute approximate surface area is 229 Å². The highest BCUT2D eigenvalue weighted by atomic mass is 35.5. The van der Waals surface area contributed by atoms with Crippen LogP contribution in [0, 0.1) is 18.8 Å². The summed E-state index contributed by atoms with van der Waals surface area (Å²) in [5.74, 6) is -1.94. The number of benzene rings is 1. The second-order valence-electron chi connectivity index (χ2n) is 11.9. The highest BCUT2D eigenvalue weighted by Crippen LogP contribution is 2.56. The molecule has 8 heteroatoms. The zero-order valence-corrected chi connectivity index (χ0v) is 22.8. The molecule has 7 nitrogen and oxygen atoms in total. The maximum absolute atomic E-state index is 14.3. The summed E-state index contributed by atoms with van der Waals surface area (Å²) in [4.78, 5) is 43.8. The fraction of sp³-hybridized carbons (Fsp3) is 0.633. The number of hydrogen-bond acceptors (Lipinski definition) is 4. The Kier molecular flexibility index (Phi) is 7.02. The van der Waals surface area contributed by atoms with Gasteiger partial charge in [0.2, 0.25) is 17.7 Å². The monoisotopic (exact) mass is 539 g/mol. The van der Waals surface area contributed by atoms with Gasteiger partial charge in [-0.2, -0.15) is 0 Å². The molecule has 5 aliphatic rings. The van der Waals surface area contributed by atoms with Gasteiger partial charge in [0.15, 0.2) is 0 Å². The van der Waals surface area contributed by atoms with Crippen molar-refractivity contribution in [2.24, 2.45) is 11.8 Å². The summed E-state index contributed by atoms with van der Waals surface area (Å²) in [6.45, 7) is 1.91. The molecule has 0 unspecified atom stereocenters. The molecule has 6 rings (SSSR count). The number of nitrogens with zero attached hydrogens (tertiary/aromatic N) is 1. The van der Waals surface area contributed by atoms with Crippen LogP contribution in [0.4, 0.5) is 5.69 Å². The molecule has 1 aromatic rings. The number of rotatable bonds is 5. The van der Waals surface area contributed by atoms with Crippen LogP contribution in [0.1, 0.15) is 76.2 Å². The summed E-state index contributed by atoms with van der Waals surface area (Å²) in [6.07, 6.45) is 14.8. The van der Waals surface area contributed by atoms with Gasteiger partial charge in [0.25, 0.3) is 0 Å². The van der Waals surface area contributed by atoms with E-state index in [2.05, 4.69) is 10.6 Å². The summed E-state index contributed by atoms with van der Waals surface area (Å²) >= 11 is 6.29. The van der Waals surface area contributed by atoms with E-state index in [4.69, 9.17) is 16.3 Å². The molecule has 3 amide bonds. The quantitative estimate of drug-likeness (QED) is 0.411. The summed E-state index contributed by atoms with van der Waals surface area (Å²) in [5, 5.41) is 6.83. The number of nitrogens with one attached hydrogen (secondary N) is 2. The first kappa shape index (κ1) is 25.9. The standard InChI is InChI=1S/C30H38ClN3O4/c1-18-13-14-20(17-22(18)31)33-27(35)24-23-15-16-30(38-23)25(24)29(37)34(21-11-7-2-3-8-12-21)26(30)28(36)32-19-9-5-4-6-10-19/h13-17,19,21,23-26H,2-12H2,1H3,(H,32,36)(H,33,35)/t23-,24-,25-,26-,30-/m0/s1. The number of carbonyl (C=O) groups is 3. The molecule has 0 aromatic heterocycles. The zero-order chi connectivity index (χ0) is 26.4. The minimum absolute atomic E-state index is 0.0113. The Bertz CT molecular complexity index is 1140. The molecule has 4 fully saturated rings. The number of hydrogen-bond donors (Lipinski definition) is 2. The largest absolute Gasteiger partial charge is 0.359 e. The predicted molar refractivity (Wildman–Crippen MR) is 146 cm³/mol. The van der Waals surface area contributed by atoms with Gasteiger partial charge in [0.05, 0.1) is 17.9 Å². The summed E-state index contributed by atoms with van der Waals surface area (Å²) in [5.41, 5.74) is 0.399. The Balaban J connectivity index is 1.32. The van der Waals surface area contributed by atoms with E-state index < -0.39 is 29.6 Å². The van der Waals surface area contributed by atoms with Gasteiger partial charge in [0, 0.05) is 22.8 Å². The number of anilines is 1. The number of ether oxygens (including phenoxy) is 1. The minimum Gasteiger partial charge on any atom is -0.359 e. The van der Waals surface area contributed by atoms with E-state index in [0.29, 0.717) is 10.7 Å². The van der Waals surface area contributed by atoms with Crippen molar-refractivity contribution in [1.82, 2.24) is 10.2 Å². The predicted octanol–water partition coefficient (Wildman–Crippen LogP) is 4.91. The van der Waals surface area contributed by atoms with Gasteiger partial charge >= 0.3 is 0 Å². The molecule has 38 heavy (non-hydrogen) atoms. The minimum atomic E-state index is -1.11. The van der Waals surface area contributed by atoms with Crippen LogP contribution in [-0.4, -0.2) is 52.5 Å². The van der Waals surface area contributed by atoms with Crippen LogP contribution in [0.3, 0.4) is 0 Å². The van der Waals surface area contributed by atoms with E-state index in [1.807, 2.05) is 36.1 Å². The molecule has 2 bridgehead atoms. The van der Waals surface area contributed by atoms with Gasteiger partial charge in [-0.1, -0.05) is 74.8 Å². The van der Waals surface area contributed by atoms with E-state index in [-0.39, 0.29) is 29.8 Å². The lowest BCUT2D eigenvalue weighted by molar-refractivity contribution is -0.144. The average Bonchev–Trinajstić information content (AvgIpc) is 3.45. The van der Waals surface area contributed by atoms with Crippen molar-refractivity contribution >= 4 is 35.0 Å². The van der Waals surface area contributed by atoms with Crippen molar-refractivity contribution in [3.63, 3.8) is 0 Å². The average molecular weight is 540 g/mol. The number of fused-ring (bicyclic) bond motifs is 1. The Hall–Kier alpha value is -2.38. The summed E-state index contributed by atoms with van der Waals surface area (Å²) in [6, 6.07) is 4.76. The highest BCUT2D eigenvalue weighted by molar-refractivity contribution is 6.31. The van der Waals surface area contributed by atoms with E-state index in [1.54, 1.807) is 6.07 Å².